The van der Waals surface area contributed by atoms with Gasteiger partial charge in [-0.3, -0.25) is 4.79 Å². The number of Topliss-reactive ketones (excluding diaryl/α,β-unsaturated/α-hetero) is 1. The van der Waals surface area contributed by atoms with Gasteiger partial charge >= 0.3 is 0 Å². The molecule has 20 heavy (non-hydrogen) atoms. The maximum atomic E-state index is 13.6. The van der Waals surface area contributed by atoms with Gasteiger partial charge in [-0.25, -0.2) is 17.6 Å². The minimum Gasteiger partial charge on any atom is -0.294 e. The zero-order chi connectivity index (χ0) is 14.9. The highest BCUT2D eigenvalue weighted by molar-refractivity contribution is 9.10. The fourth-order valence-electron chi connectivity index (χ4n) is 1.67. The molecule has 0 amide bonds. The molecule has 0 aliphatic carbocycles. The average molecular weight is 347 g/mol. The molecule has 0 bridgehead atoms. The number of benzene rings is 2. The molecule has 0 saturated heterocycles. The first-order valence-corrected chi connectivity index (χ1v) is 6.29. The van der Waals surface area contributed by atoms with Crippen molar-refractivity contribution in [3.05, 3.63) is 69.2 Å². The molecule has 0 aromatic heterocycles. The lowest BCUT2D eigenvalue weighted by atomic mass is 10.0. The summed E-state index contributed by atoms with van der Waals surface area (Å²) in [7, 11) is 0. The first-order chi connectivity index (χ1) is 9.38. The maximum absolute atomic E-state index is 13.6. The van der Waals surface area contributed by atoms with E-state index in [4.69, 9.17) is 0 Å². The summed E-state index contributed by atoms with van der Waals surface area (Å²) in [5.74, 6) is -4.52. The summed E-state index contributed by atoms with van der Waals surface area (Å²) in [5, 5.41) is 0. The van der Waals surface area contributed by atoms with Crippen molar-refractivity contribution in [3.8, 4) is 0 Å². The second-order valence-electron chi connectivity index (χ2n) is 4.09. The molecule has 0 heterocycles. The Hall–Kier alpha value is -1.69. The molecule has 2 rings (SSSR count). The van der Waals surface area contributed by atoms with E-state index in [9.17, 15) is 22.4 Å². The Bertz CT molecular complexity index is 685. The minimum atomic E-state index is -1.10. The van der Waals surface area contributed by atoms with Crippen molar-refractivity contribution in [2.24, 2.45) is 0 Å². The molecule has 0 radical (unpaired) electrons. The van der Waals surface area contributed by atoms with Gasteiger partial charge in [-0.2, -0.15) is 0 Å². The van der Waals surface area contributed by atoms with Crippen LogP contribution in [0.5, 0.6) is 0 Å². The van der Waals surface area contributed by atoms with E-state index >= 15 is 0 Å². The predicted molar refractivity (Wildman–Crippen MR) is 68.5 cm³/mol. The molecule has 0 fully saturated rings. The Balaban J connectivity index is 2.28. The standard InChI is InChI=1S/C14H7BrF4O/c15-9-6-11(17)8(5-12(9)18)14(20)4-7-1-2-10(16)13(19)3-7/h1-3,5-6H,4H2. The highest BCUT2D eigenvalue weighted by Crippen LogP contribution is 2.21. The van der Waals surface area contributed by atoms with E-state index in [0.717, 1.165) is 24.3 Å². The van der Waals surface area contributed by atoms with E-state index in [-0.39, 0.29) is 16.5 Å². The maximum Gasteiger partial charge on any atom is 0.170 e. The van der Waals surface area contributed by atoms with Crippen LogP contribution in [-0.4, -0.2) is 5.78 Å². The second-order valence-corrected chi connectivity index (χ2v) is 4.95. The molecule has 0 spiro atoms. The smallest absolute Gasteiger partial charge is 0.170 e. The largest absolute Gasteiger partial charge is 0.294 e. The fraction of sp³-hybridized carbons (Fsp3) is 0.0714. The zero-order valence-corrected chi connectivity index (χ0v) is 11.5. The summed E-state index contributed by atoms with van der Waals surface area (Å²) >= 11 is 2.80. The van der Waals surface area contributed by atoms with Gasteiger partial charge in [0.25, 0.3) is 0 Å². The van der Waals surface area contributed by atoms with Gasteiger partial charge in [-0.15, -0.1) is 0 Å². The van der Waals surface area contributed by atoms with E-state index in [1.165, 1.54) is 6.07 Å². The summed E-state index contributed by atoms with van der Waals surface area (Å²) in [4.78, 5) is 11.9. The lowest BCUT2D eigenvalue weighted by molar-refractivity contribution is 0.0988. The van der Waals surface area contributed by atoms with Crippen LogP contribution in [0.3, 0.4) is 0 Å². The summed E-state index contributed by atoms with van der Waals surface area (Å²) in [6, 6.07) is 4.54. The lowest BCUT2D eigenvalue weighted by Crippen LogP contribution is -2.07. The van der Waals surface area contributed by atoms with Crippen molar-refractivity contribution in [2.75, 3.05) is 0 Å². The second kappa shape index (κ2) is 5.75. The Morgan fingerprint density at radius 3 is 2.25 bits per heavy atom. The van der Waals surface area contributed by atoms with Gasteiger partial charge in [0.15, 0.2) is 17.4 Å². The quantitative estimate of drug-likeness (QED) is 0.456. The van der Waals surface area contributed by atoms with Crippen LogP contribution in [0.15, 0.2) is 34.8 Å². The van der Waals surface area contributed by atoms with Crippen molar-refractivity contribution in [1.82, 2.24) is 0 Å². The van der Waals surface area contributed by atoms with Crippen LogP contribution in [0, 0.1) is 23.3 Å². The van der Waals surface area contributed by atoms with Gasteiger partial charge in [-0.05, 0) is 45.8 Å². The van der Waals surface area contributed by atoms with Crippen LogP contribution in [0.1, 0.15) is 15.9 Å². The van der Waals surface area contributed by atoms with E-state index in [0.29, 0.717) is 0 Å². The van der Waals surface area contributed by atoms with Gasteiger partial charge in [0.05, 0.1) is 10.0 Å². The topological polar surface area (TPSA) is 17.1 Å². The molecular weight excluding hydrogens is 340 g/mol. The zero-order valence-electron chi connectivity index (χ0n) is 9.89. The Kier molecular flexibility index (Phi) is 4.23. The molecule has 0 aliphatic rings. The first kappa shape index (κ1) is 14.7. The monoisotopic (exact) mass is 346 g/mol. The molecule has 6 heteroatoms. The molecule has 0 N–H and O–H groups in total. The van der Waals surface area contributed by atoms with Crippen LogP contribution < -0.4 is 0 Å². The molecular formula is C14H7BrF4O. The van der Waals surface area contributed by atoms with Gasteiger partial charge < -0.3 is 0 Å². The summed E-state index contributed by atoms with van der Waals surface area (Å²) in [6.45, 7) is 0. The molecule has 0 saturated carbocycles. The van der Waals surface area contributed by atoms with Gasteiger partial charge in [0, 0.05) is 6.42 Å². The molecule has 0 atom stereocenters. The summed E-state index contributed by atoms with van der Waals surface area (Å²) in [5.41, 5.74) is -0.257. The van der Waals surface area contributed by atoms with Crippen molar-refractivity contribution in [1.29, 1.82) is 0 Å². The fourth-order valence-corrected chi connectivity index (χ4v) is 1.98. The molecule has 2 aromatic carbocycles. The third kappa shape index (κ3) is 3.07. The number of carbonyl (C=O) groups excluding carboxylic acids is 1. The molecule has 0 unspecified atom stereocenters. The predicted octanol–water partition coefficient (Wildman–Crippen LogP) is 4.43. The molecule has 104 valence electrons. The van der Waals surface area contributed by atoms with E-state index in [2.05, 4.69) is 15.9 Å². The molecule has 2 aromatic rings. The van der Waals surface area contributed by atoms with Crippen molar-refractivity contribution in [2.45, 2.75) is 6.42 Å². The SMILES string of the molecule is O=C(Cc1ccc(F)c(F)c1)c1cc(F)c(Br)cc1F. The van der Waals surface area contributed by atoms with Gasteiger partial charge in [0.2, 0.25) is 0 Å². The number of halogens is 5. The number of hydrogen-bond donors (Lipinski definition) is 0. The van der Waals surface area contributed by atoms with Crippen LogP contribution >= 0.6 is 15.9 Å². The molecule has 0 aliphatic heterocycles. The summed E-state index contributed by atoms with van der Waals surface area (Å²) < 4.78 is 52.5. The van der Waals surface area contributed by atoms with Crippen LogP contribution in [0.2, 0.25) is 0 Å². The van der Waals surface area contributed by atoms with Gasteiger partial charge in [-0.1, -0.05) is 6.07 Å². The Labute approximate surface area is 120 Å². The Morgan fingerprint density at radius 1 is 0.900 bits per heavy atom. The number of hydrogen-bond acceptors (Lipinski definition) is 1. The number of rotatable bonds is 3. The first-order valence-electron chi connectivity index (χ1n) is 5.50. The third-order valence-electron chi connectivity index (χ3n) is 2.66. The highest BCUT2D eigenvalue weighted by atomic mass is 79.9. The van der Waals surface area contributed by atoms with E-state index in [1.54, 1.807) is 0 Å². The minimum absolute atomic E-state index is 0.0978. The number of ketones is 1. The van der Waals surface area contributed by atoms with Gasteiger partial charge in [0.1, 0.15) is 11.6 Å². The normalized spacial score (nSPS) is 10.7. The van der Waals surface area contributed by atoms with E-state index < -0.39 is 34.6 Å². The number of carbonyl (C=O) groups is 1. The highest BCUT2D eigenvalue weighted by Gasteiger charge is 2.16. The van der Waals surface area contributed by atoms with Crippen LogP contribution in [-0.2, 0) is 6.42 Å². The van der Waals surface area contributed by atoms with Crippen LogP contribution in [0.4, 0.5) is 17.6 Å². The Morgan fingerprint density at radius 2 is 1.60 bits per heavy atom. The third-order valence-corrected chi connectivity index (χ3v) is 3.27. The average Bonchev–Trinajstić information content (AvgIpc) is 2.38. The molecule has 1 nitrogen and oxygen atoms in total. The van der Waals surface area contributed by atoms with Crippen molar-refractivity contribution < 1.29 is 22.4 Å². The van der Waals surface area contributed by atoms with Crippen molar-refractivity contribution >= 4 is 21.7 Å². The van der Waals surface area contributed by atoms with Crippen LogP contribution in [0.25, 0.3) is 0 Å². The van der Waals surface area contributed by atoms with E-state index in [1.807, 2.05) is 0 Å². The van der Waals surface area contributed by atoms with Crippen molar-refractivity contribution in [3.63, 3.8) is 0 Å². The lowest BCUT2D eigenvalue weighted by Gasteiger charge is -2.05. The summed E-state index contributed by atoms with van der Waals surface area (Å²) in [6.07, 6.45) is -0.352.